The van der Waals surface area contributed by atoms with Crippen molar-refractivity contribution in [1.29, 1.82) is 0 Å². The van der Waals surface area contributed by atoms with Crippen molar-refractivity contribution in [3.05, 3.63) is 62.5 Å². The number of nitrogens with one attached hydrogen (secondary N) is 1. The number of amides is 1. The van der Waals surface area contributed by atoms with Gasteiger partial charge in [-0.15, -0.1) is 0 Å². The highest BCUT2D eigenvalue weighted by molar-refractivity contribution is 9.10. The molecule has 22 heavy (non-hydrogen) atoms. The summed E-state index contributed by atoms with van der Waals surface area (Å²) in [6, 6.07) is 11.9. The van der Waals surface area contributed by atoms with E-state index in [9.17, 15) is 14.7 Å². The third-order valence-electron chi connectivity index (χ3n) is 3.63. The molecule has 0 saturated carbocycles. The summed E-state index contributed by atoms with van der Waals surface area (Å²) >= 11 is 6.61. The molecule has 3 rings (SSSR count). The molecule has 1 heterocycles. The van der Waals surface area contributed by atoms with Crippen LogP contribution in [-0.2, 0) is 10.4 Å². The maximum Gasteiger partial charge on any atom is 0.261 e. The van der Waals surface area contributed by atoms with E-state index in [-0.39, 0.29) is 12.2 Å². The van der Waals surface area contributed by atoms with Gasteiger partial charge in [-0.2, -0.15) is 0 Å². The molecule has 0 bridgehead atoms. The molecular weight excluding hydrogens is 414 g/mol. The van der Waals surface area contributed by atoms with Gasteiger partial charge in [-0.05, 0) is 24.3 Å². The van der Waals surface area contributed by atoms with Crippen LogP contribution in [0.2, 0.25) is 0 Å². The van der Waals surface area contributed by atoms with Gasteiger partial charge in [0, 0.05) is 25.8 Å². The van der Waals surface area contributed by atoms with Crippen LogP contribution in [0.25, 0.3) is 0 Å². The van der Waals surface area contributed by atoms with Gasteiger partial charge in [0.25, 0.3) is 5.91 Å². The fourth-order valence-electron chi connectivity index (χ4n) is 2.47. The number of anilines is 1. The molecule has 1 aliphatic rings. The van der Waals surface area contributed by atoms with Gasteiger partial charge in [0.1, 0.15) is 0 Å². The summed E-state index contributed by atoms with van der Waals surface area (Å²) in [4.78, 5) is 24.5. The summed E-state index contributed by atoms with van der Waals surface area (Å²) in [7, 11) is 0. The first-order chi connectivity index (χ1) is 10.4. The van der Waals surface area contributed by atoms with Gasteiger partial charge >= 0.3 is 0 Å². The second kappa shape index (κ2) is 5.61. The monoisotopic (exact) mass is 423 g/mol. The van der Waals surface area contributed by atoms with Crippen LogP contribution < -0.4 is 5.32 Å². The number of hydrogen-bond donors (Lipinski definition) is 2. The van der Waals surface area contributed by atoms with Crippen molar-refractivity contribution in [2.45, 2.75) is 12.0 Å². The molecule has 1 aliphatic heterocycles. The molecule has 6 heteroatoms. The summed E-state index contributed by atoms with van der Waals surface area (Å²) < 4.78 is 1.65. The molecule has 1 atom stereocenters. The lowest BCUT2D eigenvalue weighted by atomic mass is 9.88. The highest BCUT2D eigenvalue weighted by Gasteiger charge is 2.46. The quantitative estimate of drug-likeness (QED) is 0.739. The van der Waals surface area contributed by atoms with Crippen LogP contribution in [0.5, 0.6) is 0 Å². The highest BCUT2D eigenvalue weighted by atomic mass is 79.9. The molecule has 2 aromatic rings. The van der Waals surface area contributed by atoms with Gasteiger partial charge in [0.05, 0.1) is 6.42 Å². The van der Waals surface area contributed by atoms with Crippen molar-refractivity contribution in [2.75, 3.05) is 5.32 Å². The van der Waals surface area contributed by atoms with Crippen LogP contribution in [0.15, 0.2) is 51.4 Å². The standard InChI is InChI=1S/C16H11Br2NO3/c17-10-3-1-9(2-4-10)14(20)8-16(22)12-6-5-11(18)7-13(12)19-15(16)21/h1-7,22H,8H2,(H,19,21)/t16-/m0/s1. The molecule has 0 saturated heterocycles. The number of Topliss-reactive ketones (excluding diaryl/α,β-unsaturated/α-hetero) is 1. The molecule has 0 unspecified atom stereocenters. The van der Waals surface area contributed by atoms with E-state index in [1.54, 1.807) is 42.5 Å². The van der Waals surface area contributed by atoms with Crippen LogP contribution in [0.3, 0.4) is 0 Å². The molecule has 0 spiro atoms. The third kappa shape index (κ3) is 2.62. The number of fused-ring (bicyclic) bond motifs is 1. The van der Waals surface area contributed by atoms with E-state index in [4.69, 9.17) is 0 Å². The van der Waals surface area contributed by atoms with E-state index in [1.807, 2.05) is 0 Å². The molecule has 112 valence electrons. The Balaban J connectivity index is 1.93. The van der Waals surface area contributed by atoms with Gasteiger partial charge in [-0.1, -0.05) is 50.1 Å². The van der Waals surface area contributed by atoms with Gasteiger partial charge in [0.2, 0.25) is 0 Å². The van der Waals surface area contributed by atoms with Crippen molar-refractivity contribution in [3.63, 3.8) is 0 Å². The second-order valence-corrected chi connectivity index (χ2v) is 6.94. The summed E-state index contributed by atoms with van der Waals surface area (Å²) in [5.74, 6) is -0.869. The molecule has 4 nitrogen and oxygen atoms in total. The fourth-order valence-corrected chi connectivity index (χ4v) is 3.10. The van der Waals surface area contributed by atoms with Gasteiger partial charge in [-0.25, -0.2) is 0 Å². The lowest BCUT2D eigenvalue weighted by Gasteiger charge is -2.20. The minimum atomic E-state index is -1.83. The average Bonchev–Trinajstić information content (AvgIpc) is 2.70. The Hall–Kier alpha value is -1.50. The number of aliphatic hydroxyl groups is 1. The van der Waals surface area contributed by atoms with Gasteiger partial charge in [0.15, 0.2) is 11.4 Å². The third-order valence-corrected chi connectivity index (χ3v) is 4.66. The Labute approximate surface area is 143 Å². The number of carbonyl (C=O) groups is 2. The SMILES string of the molecule is O=C(C[C@@]1(O)C(=O)Nc2cc(Br)ccc21)c1ccc(Br)cc1. The molecule has 0 radical (unpaired) electrons. The van der Waals surface area contributed by atoms with Crippen molar-refractivity contribution >= 4 is 49.2 Å². The first kappa shape index (κ1) is 15.4. The molecule has 1 amide bonds. The number of rotatable bonds is 3. The Bertz CT molecular complexity index is 773. The van der Waals surface area contributed by atoms with Crippen molar-refractivity contribution in [1.82, 2.24) is 0 Å². The Morgan fingerprint density at radius 1 is 1.09 bits per heavy atom. The predicted octanol–water partition coefficient (Wildman–Crippen LogP) is 3.62. The van der Waals surface area contributed by atoms with E-state index in [0.29, 0.717) is 16.8 Å². The molecule has 0 fully saturated rings. The van der Waals surface area contributed by atoms with E-state index in [1.165, 1.54) is 0 Å². The topological polar surface area (TPSA) is 66.4 Å². The maximum absolute atomic E-state index is 12.4. The molecular formula is C16H11Br2NO3. The van der Waals surface area contributed by atoms with Crippen LogP contribution in [0.1, 0.15) is 22.3 Å². The second-order valence-electron chi connectivity index (χ2n) is 5.11. The first-order valence-corrected chi connectivity index (χ1v) is 8.11. The van der Waals surface area contributed by atoms with Gasteiger partial charge < -0.3 is 10.4 Å². The normalized spacial score (nSPS) is 19.7. The van der Waals surface area contributed by atoms with Crippen LogP contribution in [0.4, 0.5) is 5.69 Å². The lowest BCUT2D eigenvalue weighted by Crippen LogP contribution is -2.36. The number of hydrogen-bond acceptors (Lipinski definition) is 3. The smallest absolute Gasteiger partial charge is 0.261 e. The molecule has 0 aromatic heterocycles. The summed E-state index contributed by atoms with van der Waals surface area (Å²) in [5, 5.41) is 13.3. The van der Waals surface area contributed by atoms with E-state index < -0.39 is 11.5 Å². The first-order valence-electron chi connectivity index (χ1n) is 6.53. The zero-order chi connectivity index (χ0) is 15.9. The summed E-state index contributed by atoms with van der Waals surface area (Å²) in [5.41, 5.74) is -0.438. The Kier molecular flexibility index (Phi) is 3.92. The maximum atomic E-state index is 12.4. The van der Waals surface area contributed by atoms with E-state index >= 15 is 0 Å². The predicted molar refractivity (Wildman–Crippen MR) is 89.8 cm³/mol. The van der Waals surface area contributed by atoms with Crippen LogP contribution in [0, 0.1) is 0 Å². The largest absolute Gasteiger partial charge is 0.375 e. The molecule has 2 aromatic carbocycles. The number of carbonyl (C=O) groups excluding carboxylic acids is 2. The number of benzene rings is 2. The minimum absolute atomic E-state index is 0.291. The lowest BCUT2D eigenvalue weighted by molar-refractivity contribution is -0.133. The highest BCUT2D eigenvalue weighted by Crippen LogP contribution is 2.40. The number of ketones is 1. The summed E-state index contributed by atoms with van der Waals surface area (Å²) in [6.45, 7) is 0. The van der Waals surface area contributed by atoms with Crippen molar-refractivity contribution in [2.24, 2.45) is 0 Å². The molecule has 0 aliphatic carbocycles. The zero-order valence-electron chi connectivity index (χ0n) is 11.3. The Morgan fingerprint density at radius 2 is 1.73 bits per heavy atom. The van der Waals surface area contributed by atoms with E-state index in [2.05, 4.69) is 37.2 Å². The number of halogens is 2. The Morgan fingerprint density at radius 3 is 2.41 bits per heavy atom. The minimum Gasteiger partial charge on any atom is -0.375 e. The van der Waals surface area contributed by atoms with Crippen molar-refractivity contribution < 1.29 is 14.7 Å². The summed E-state index contributed by atoms with van der Waals surface area (Å²) in [6.07, 6.45) is -0.297. The zero-order valence-corrected chi connectivity index (χ0v) is 14.4. The van der Waals surface area contributed by atoms with Crippen LogP contribution >= 0.6 is 31.9 Å². The molecule has 2 N–H and O–H groups in total. The van der Waals surface area contributed by atoms with Crippen molar-refractivity contribution in [3.8, 4) is 0 Å². The van der Waals surface area contributed by atoms with Crippen LogP contribution in [-0.4, -0.2) is 16.8 Å². The average molecular weight is 425 g/mol. The van der Waals surface area contributed by atoms with Gasteiger partial charge in [-0.3, -0.25) is 9.59 Å². The van der Waals surface area contributed by atoms with E-state index in [0.717, 1.165) is 8.95 Å². The fraction of sp³-hybridized carbons (Fsp3) is 0.125.